The number of ether oxygens (including phenoxy) is 3. The minimum atomic E-state index is -0.586. The van der Waals surface area contributed by atoms with Gasteiger partial charge in [-0.1, -0.05) is 24.3 Å². The Morgan fingerprint density at radius 2 is 1.96 bits per heavy atom. The molecule has 0 fully saturated rings. The van der Waals surface area contributed by atoms with E-state index >= 15 is 0 Å². The molecule has 1 N–H and O–H groups in total. The number of rotatable bonds is 5. The first kappa shape index (κ1) is 17.1. The third-order valence-electron chi connectivity index (χ3n) is 4.30. The average Bonchev–Trinajstić information content (AvgIpc) is 2.63. The molecule has 0 saturated carbocycles. The van der Waals surface area contributed by atoms with Gasteiger partial charge in [-0.15, -0.1) is 0 Å². The van der Waals surface area contributed by atoms with Crippen molar-refractivity contribution in [3.05, 3.63) is 53.6 Å². The quantitative estimate of drug-likeness (QED) is 0.908. The summed E-state index contributed by atoms with van der Waals surface area (Å²) in [7, 11) is 0. The Hall–Kier alpha value is -2.69. The number of hydrogen-bond acceptors (Lipinski definition) is 4. The lowest BCUT2D eigenvalue weighted by Crippen LogP contribution is -2.44. The molecule has 2 aromatic carbocycles. The van der Waals surface area contributed by atoms with Crippen molar-refractivity contribution >= 4 is 5.91 Å². The zero-order valence-corrected chi connectivity index (χ0v) is 14.7. The Bertz CT molecular complexity index is 759. The second-order valence-corrected chi connectivity index (χ2v) is 6.20. The largest absolute Gasteiger partial charge is 0.486 e. The number of para-hydroxylation sites is 2. The Balaban J connectivity index is 1.52. The average molecular weight is 341 g/mol. The van der Waals surface area contributed by atoms with Gasteiger partial charge in [0, 0.05) is 0 Å². The van der Waals surface area contributed by atoms with Crippen molar-refractivity contribution in [1.82, 2.24) is 5.32 Å². The number of benzene rings is 2. The summed E-state index contributed by atoms with van der Waals surface area (Å²) in [5, 5.41) is 2.87. The number of carbonyl (C=O) groups excluding carboxylic acids is 1. The summed E-state index contributed by atoms with van der Waals surface area (Å²) in [4.78, 5) is 12.3. The molecule has 0 radical (unpaired) electrons. The fourth-order valence-electron chi connectivity index (χ4n) is 2.62. The van der Waals surface area contributed by atoms with Crippen LogP contribution >= 0.6 is 0 Å². The van der Waals surface area contributed by atoms with Gasteiger partial charge >= 0.3 is 0 Å². The topological polar surface area (TPSA) is 56.8 Å². The standard InChI is InChI=1S/C20H23NO4/c1-13-7-6-10-17(14(13)2)24-15(3)20(22)21-11-16-12-23-18-8-4-5-9-19(18)25-16/h4-10,15-16H,11-12H2,1-3H3,(H,21,22)/t15-,16+/m0/s1. The van der Waals surface area contributed by atoms with Crippen molar-refractivity contribution in [3.63, 3.8) is 0 Å². The molecule has 0 unspecified atom stereocenters. The molecule has 25 heavy (non-hydrogen) atoms. The predicted molar refractivity (Wildman–Crippen MR) is 95.4 cm³/mol. The lowest BCUT2D eigenvalue weighted by Gasteiger charge is -2.27. The number of amides is 1. The summed E-state index contributed by atoms with van der Waals surface area (Å²) < 4.78 is 17.3. The third-order valence-corrected chi connectivity index (χ3v) is 4.30. The fraction of sp³-hybridized carbons (Fsp3) is 0.350. The van der Waals surface area contributed by atoms with E-state index in [9.17, 15) is 4.79 Å². The third kappa shape index (κ3) is 4.05. The van der Waals surface area contributed by atoms with E-state index in [0.717, 1.165) is 22.6 Å². The molecule has 0 aliphatic carbocycles. The van der Waals surface area contributed by atoms with Crippen LogP contribution < -0.4 is 19.5 Å². The highest BCUT2D eigenvalue weighted by Gasteiger charge is 2.23. The van der Waals surface area contributed by atoms with E-state index in [0.29, 0.717) is 18.9 Å². The van der Waals surface area contributed by atoms with Crippen molar-refractivity contribution in [2.75, 3.05) is 13.2 Å². The molecule has 1 aliphatic heterocycles. The van der Waals surface area contributed by atoms with Gasteiger partial charge in [0.25, 0.3) is 5.91 Å². The van der Waals surface area contributed by atoms with E-state index in [1.165, 1.54) is 0 Å². The van der Waals surface area contributed by atoms with Crippen molar-refractivity contribution in [1.29, 1.82) is 0 Å². The second kappa shape index (κ2) is 7.47. The lowest BCUT2D eigenvalue weighted by molar-refractivity contribution is -0.127. The molecule has 0 bridgehead atoms. The van der Waals surface area contributed by atoms with Gasteiger partial charge in [0.1, 0.15) is 18.5 Å². The SMILES string of the molecule is Cc1cccc(O[C@@H](C)C(=O)NC[C@@H]2COc3ccccc3O2)c1C. The molecule has 0 saturated heterocycles. The summed E-state index contributed by atoms with van der Waals surface area (Å²) in [6.45, 7) is 6.52. The van der Waals surface area contributed by atoms with Crippen LogP contribution in [0.5, 0.6) is 17.2 Å². The maximum atomic E-state index is 12.3. The van der Waals surface area contributed by atoms with Gasteiger partial charge < -0.3 is 19.5 Å². The molecule has 0 spiro atoms. The highest BCUT2D eigenvalue weighted by molar-refractivity contribution is 5.80. The van der Waals surface area contributed by atoms with E-state index in [2.05, 4.69) is 5.32 Å². The van der Waals surface area contributed by atoms with Crippen LogP contribution in [-0.4, -0.2) is 31.3 Å². The Morgan fingerprint density at radius 1 is 1.20 bits per heavy atom. The van der Waals surface area contributed by atoms with Crippen LogP contribution in [0.1, 0.15) is 18.1 Å². The molecule has 5 nitrogen and oxygen atoms in total. The number of fused-ring (bicyclic) bond motifs is 1. The monoisotopic (exact) mass is 341 g/mol. The van der Waals surface area contributed by atoms with Gasteiger partial charge in [0.15, 0.2) is 17.6 Å². The maximum absolute atomic E-state index is 12.3. The summed E-state index contributed by atoms with van der Waals surface area (Å²) in [5.74, 6) is 1.99. The zero-order valence-electron chi connectivity index (χ0n) is 14.7. The van der Waals surface area contributed by atoms with Crippen LogP contribution in [-0.2, 0) is 4.79 Å². The molecular weight excluding hydrogens is 318 g/mol. The molecule has 5 heteroatoms. The van der Waals surface area contributed by atoms with Gasteiger partial charge in [0.2, 0.25) is 0 Å². The smallest absolute Gasteiger partial charge is 0.260 e. The van der Waals surface area contributed by atoms with Crippen LogP contribution in [0.25, 0.3) is 0 Å². The summed E-state index contributed by atoms with van der Waals surface area (Å²) in [6.07, 6.45) is -0.802. The van der Waals surface area contributed by atoms with E-state index in [4.69, 9.17) is 14.2 Å². The molecule has 2 atom stereocenters. The minimum absolute atomic E-state index is 0.177. The van der Waals surface area contributed by atoms with Crippen LogP contribution in [0.4, 0.5) is 0 Å². The van der Waals surface area contributed by atoms with Gasteiger partial charge in [-0.3, -0.25) is 4.79 Å². The molecule has 1 aliphatic rings. The zero-order chi connectivity index (χ0) is 17.8. The number of aryl methyl sites for hydroxylation is 1. The molecular formula is C20H23NO4. The lowest BCUT2D eigenvalue weighted by atomic mass is 10.1. The molecule has 132 valence electrons. The van der Waals surface area contributed by atoms with Gasteiger partial charge in [-0.25, -0.2) is 0 Å². The number of carbonyl (C=O) groups is 1. The number of hydrogen-bond donors (Lipinski definition) is 1. The maximum Gasteiger partial charge on any atom is 0.260 e. The summed E-state index contributed by atoms with van der Waals surface area (Å²) in [6, 6.07) is 13.3. The minimum Gasteiger partial charge on any atom is -0.486 e. The van der Waals surface area contributed by atoms with E-state index < -0.39 is 6.10 Å². The molecule has 2 aromatic rings. The number of nitrogens with one attached hydrogen (secondary N) is 1. The van der Waals surface area contributed by atoms with Gasteiger partial charge in [0.05, 0.1) is 6.54 Å². The van der Waals surface area contributed by atoms with Crippen molar-refractivity contribution in [3.8, 4) is 17.2 Å². The molecule has 1 amide bonds. The second-order valence-electron chi connectivity index (χ2n) is 6.20. The van der Waals surface area contributed by atoms with Crippen molar-refractivity contribution < 1.29 is 19.0 Å². The highest BCUT2D eigenvalue weighted by Crippen LogP contribution is 2.30. The molecule has 1 heterocycles. The Kier molecular flexibility index (Phi) is 5.12. The van der Waals surface area contributed by atoms with Crippen molar-refractivity contribution in [2.45, 2.75) is 33.0 Å². The Labute approximate surface area is 147 Å². The first-order valence-electron chi connectivity index (χ1n) is 8.43. The van der Waals surface area contributed by atoms with Gasteiger partial charge in [-0.05, 0) is 50.1 Å². The summed E-state index contributed by atoms with van der Waals surface area (Å²) >= 11 is 0. The highest BCUT2D eigenvalue weighted by atomic mass is 16.6. The first-order chi connectivity index (χ1) is 12.0. The van der Waals surface area contributed by atoms with E-state index in [-0.39, 0.29) is 12.0 Å². The Morgan fingerprint density at radius 3 is 2.76 bits per heavy atom. The van der Waals surface area contributed by atoms with E-state index in [1.807, 2.05) is 56.3 Å². The van der Waals surface area contributed by atoms with Crippen LogP contribution in [0.15, 0.2) is 42.5 Å². The fourth-order valence-corrected chi connectivity index (χ4v) is 2.62. The molecule has 0 aromatic heterocycles. The van der Waals surface area contributed by atoms with Crippen molar-refractivity contribution in [2.24, 2.45) is 0 Å². The van der Waals surface area contributed by atoms with Crippen LogP contribution in [0.2, 0.25) is 0 Å². The van der Waals surface area contributed by atoms with Gasteiger partial charge in [-0.2, -0.15) is 0 Å². The van der Waals surface area contributed by atoms with Crippen LogP contribution in [0.3, 0.4) is 0 Å². The predicted octanol–water partition coefficient (Wildman–Crippen LogP) is 3.03. The first-order valence-corrected chi connectivity index (χ1v) is 8.43. The van der Waals surface area contributed by atoms with Crippen LogP contribution in [0, 0.1) is 13.8 Å². The summed E-state index contributed by atoms with van der Waals surface area (Å²) in [5.41, 5.74) is 2.18. The molecule has 3 rings (SSSR count). The van der Waals surface area contributed by atoms with E-state index in [1.54, 1.807) is 6.92 Å². The normalized spacial score (nSPS) is 16.8.